The number of anilines is 1. The lowest BCUT2D eigenvalue weighted by Gasteiger charge is -2.08. The van der Waals surface area contributed by atoms with E-state index < -0.39 is 5.97 Å². The Morgan fingerprint density at radius 3 is 2.37 bits per heavy atom. The van der Waals surface area contributed by atoms with E-state index in [9.17, 15) is 4.79 Å². The number of aromatic carboxylic acids is 1. The lowest BCUT2D eigenvalue weighted by atomic mass is 10.1. The highest BCUT2D eigenvalue weighted by Crippen LogP contribution is 2.20. The number of carboxylic acids is 1. The molecular weight excluding hydrogens is 338 g/mol. The molecule has 140 valence electrons. The second-order valence-corrected chi connectivity index (χ2v) is 6.58. The Morgan fingerprint density at radius 1 is 0.852 bits per heavy atom. The molecule has 0 aliphatic heterocycles. The Labute approximate surface area is 159 Å². The molecule has 3 rings (SSSR count). The van der Waals surface area contributed by atoms with Crippen LogP contribution in [0.25, 0.3) is 10.8 Å². The SMILES string of the molecule is O=C(O)c1ccc(NCCCCCCOc2ccc3ccccc3c2)cc1. The van der Waals surface area contributed by atoms with Crippen LogP contribution < -0.4 is 10.1 Å². The Hall–Kier alpha value is -3.01. The predicted molar refractivity (Wildman–Crippen MR) is 110 cm³/mol. The summed E-state index contributed by atoms with van der Waals surface area (Å²) in [5.74, 6) is 0.0348. The molecule has 4 nitrogen and oxygen atoms in total. The van der Waals surface area contributed by atoms with E-state index >= 15 is 0 Å². The van der Waals surface area contributed by atoms with Gasteiger partial charge in [-0.3, -0.25) is 0 Å². The van der Waals surface area contributed by atoms with Gasteiger partial charge >= 0.3 is 5.97 Å². The zero-order valence-electron chi connectivity index (χ0n) is 15.4. The molecule has 0 aliphatic rings. The summed E-state index contributed by atoms with van der Waals surface area (Å²) in [5.41, 5.74) is 1.27. The molecule has 0 bridgehead atoms. The minimum absolute atomic E-state index is 0.312. The maximum atomic E-state index is 10.8. The number of nitrogens with one attached hydrogen (secondary N) is 1. The summed E-state index contributed by atoms with van der Waals surface area (Å²) in [6.45, 7) is 1.63. The monoisotopic (exact) mass is 363 g/mol. The highest BCUT2D eigenvalue weighted by atomic mass is 16.5. The van der Waals surface area contributed by atoms with Crippen LogP contribution in [0.5, 0.6) is 5.75 Å². The molecule has 0 aliphatic carbocycles. The summed E-state index contributed by atoms with van der Waals surface area (Å²) in [5, 5.41) is 14.6. The summed E-state index contributed by atoms with van der Waals surface area (Å²) in [4.78, 5) is 10.8. The van der Waals surface area contributed by atoms with Crippen LogP contribution >= 0.6 is 0 Å². The van der Waals surface area contributed by atoms with Crippen LogP contribution in [0.3, 0.4) is 0 Å². The molecule has 3 aromatic rings. The second-order valence-electron chi connectivity index (χ2n) is 6.58. The molecule has 0 saturated carbocycles. The normalized spacial score (nSPS) is 10.7. The lowest BCUT2D eigenvalue weighted by Crippen LogP contribution is -2.03. The van der Waals surface area contributed by atoms with Crippen molar-refractivity contribution in [3.8, 4) is 5.75 Å². The van der Waals surface area contributed by atoms with Gasteiger partial charge in [0.1, 0.15) is 5.75 Å². The van der Waals surface area contributed by atoms with Gasteiger partial charge in [-0.05, 0) is 60.0 Å². The quantitative estimate of drug-likeness (QED) is 0.461. The Balaban J connectivity index is 1.27. The molecule has 0 aromatic heterocycles. The number of carbonyl (C=O) groups is 1. The van der Waals surface area contributed by atoms with Crippen molar-refractivity contribution in [3.63, 3.8) is 0 Å². The van der Waals surface area contributed by atoms with E-state index in [-0.39, 0.29) is 0 Å². The standard InChI is InChI=1S/C23H25NO3/c25-23(26)19-9-12-21(13-10-19)24-15-5-1-2-6-16-27-22-14-11-18-7-3-4-8-20(18)17-22/h3-4,7-14,17,24H,1-2,5-6,15-16H2,(H,25,26). The number of unbranched alkanes of at least 4 members (excludes halogenated alkanes) is 3. The Morgan fingerprint density at radius 2 is 1.59 bits per heavy atom. The van der Waals surface area contributed by atoms with E-state index in [0.29, 0.717) is 5.56 Å². The third-order valence-electron chi connectivity index (χ3n) is 4.52. The summed E-state index contributed by atoms with van der Waals surface area (Å²) in [6.07, 6.45) is 4.39. The van der Waals surface area contributed by atoms with Gasteiger partial charge in [0, 0.05) is 12.2 Å². The number of hydrogen-bond acceptors (Lipinski definition) is 3. The van der Waals surface area contributed by atoms with E-state index in [1.165, 1.54) is 10.8 Å². The van der Waals surface area contributed by atoms with Crippen LogP contribution in [0.15, 0.2) is 66.7 Å². The zero-order valence-corrected chi connectivity index (χ0v) is 15.4. The Kier molecular flexibility index (Phi) is 6.69. The zero-order chi connectivity index (χ0) is 18.9. The highest BCUT2D eigenvalue weighted by Gasteiger charge is 2.01. The van der Waals surface area contributed by atoms with E-state index in [1.54, 1.807) is 24.3 Å². The fraction of sp³-hybridized carbons (Fsp3) is 0.261. The molecule has 4 heteroatoms. The molecule has 0 heterocycles. The number of ether oxygens (including phenoxy) is 1. The first kappa shape index (κ1) is 18.8. The number of carboxylic acid groups (broad SMARTS) is 1. The summed E-state index contributed by atoms with van der Waals surface area (Å²) >= 11 is 0. The molecule has 0 radical (unpaired) electrons. The topological polar surface area (TPSA) is 58.6 Å². The third-order valence-corrected chi connectivity index (χ3v) is 4.52. The van der Waals surface area contributed by atoms with Crippen LogP contribution in [-0.4, -0.2) is 24.2 Å². The highest BCUT2D eigenvalue weighted by molar-refractivity contribution is 5.88. The smallest absolute Gasteiger partial charge is 0.335 e. The summed E-state index contributed by atoms with van der Waals surface area (Å²) < 4.78 is 5.86. The van der Waals surface area contributed by atoms with Crippen molar-refractivity contribution in [2.24, 2.45) is 0 Å². The number of hydrogen-bond donors (Lipinski definition) is 2. The number of rotatable bonds is 10. The molecule has 0 saturated heterocycles. The first-order valence-electron chi connectivity index (χ1n) is 9.41. The van der Waals surface area contributed by atoms with Gasteiger partial charge in [-0.2, -0.15) is 0 Å². The van der Waals surface area contributed by atoms with Gasteiger partial charge in [0.15, 0.2) is 0 Å². The largest absolute Gasteiger partial charge is 0.494 e. The van der Waals surface area contributed by atoms with Gasteiger partial charge in [0.25, 0.3) is 0 Å². The lowest BCUT2D eigenvalue weighted by molar-refractivity contribution is 0.0697. The molecule has 0 spiro atoms. The van der Waals surface area contributed by atoms with E-state index in [1.807, 2.05) is 18.2 Å². The molecule has 0 unspecified atom stereocenters. The van der Waals surface area contributed by atoms with E-state index in [2.05, 4.69) is 29.6 Å². The molecule has 2 N–H and O–H groups in total. The molecule has 27 heavy (non-hydrogen) atoms. The van der Waals surface area contributed by atoms with Crippen LogP contribution in [-0.2, 0) is 0 Å². The van der Waals surface area contributed by atoms with Crippen molar-refractivity contribution < 1.29 is 14.6 Å². The van der Waals surface area contributed by atoms with Crippen LogP contribution in [0.2, 0.25) is 0 Å². The Bertz CT molecular complexity index is 874. The molecule has 0 fully saturated rings. The fourth-order valence-electron chi connectivity index (χ4n) is 2.99. The van der Waals surface area contributed by atoms with Crippen molar-refractivity contribution in [1.29, 1.82) is 0 Å². The summed E-state index contributed by atoms with van der Waals surface area (Å²) in [7, 11) is 0. The van der Waals surface area contributed by atoms with Gasteiger partial charge < -0.3 is 15.2 Å². The number of benzene rings is 3. The molecular formula is C23H25NO3. The molecule has 3 aromatic carbocycles. The minimum atomic E-state index is -0.896. The van der Waals surface area contributed by atoms with Crippen LogP contribution in [0.4, 0.5) is 5.69 Å². The van der Waals surface area contributed by atoms with E-state index in [4.69, 9.17) is 9.84 Å². The van der Waals surface area contributed by atoms with Gasteiger partial charge in [0.05, 0.1) is 12.2 Å². The average Bonchev–Trinajstić information content (AvgIpc) is 2.70. The van der Waals surface area contributed by atoms with Crippen molar-refractivity contribution in [2.45, 2.75) is 25.7 Å². The summed E-state index contributed by atoms with van der Waals surface area (Å²) in [6, 6.07) is 21.4. The predicted octanol–water partition coefficient (Wildman–Crippen LogP) is 5.59. The van der Waals surface area contributed by atoms with Gasteiger partial charge in [-0.1, -0.05) is 43.2 Å². The van der Waals surface area contributed by atoms with Gasteiger partial charge in [0.2, 0.25) is 0 Å². The maximum Gasteiger partial charge on any atom is 0.335 e. The second kappa shape index (κ2) is 9.62. The molecule has 0 atom stereocenters. The van der Waals surface area contributed by atoms with Gasteiger partial charge in [-0.15, -0.1) is 0 Å². The third kappa shape index (κ3) is 5.74. The fourth-order valence-corrected chi connectivity index (χ4v) is 2.99. The average molecular weight is 363 g/mol. The van der Waals surface area contributed by atoms with Crippen LogP contribution in [0, 0.1) is 0 Å². The van der Waals surface area contributed by atoms with Crippen molar-refractivity contribution in [2.75, 3.05) is 18.5 Å². The maximum absolute atomic E-state index is 10.8. The first-order valence-corrected chi connectivity index (χ1v) is 9.41. The van der Waals surface area contributed by atoms with Crippen molar-refractivity contribution >= 4 is 22.4 Å². The number of fused-ring (bicyclic) bond motifs is 1. The molecule has 0 amide bonds. The van der Waals surface area contributed by atoms with Crippen molar-refractivity contribution in [3.05, 3.63) is 72.3 Å². The first-order chi connectivity index (χ1) is 13.2. The van der Waals surface area contributed by atoms with Gasteiger partial charge in [-0.25, -0.2) is 4.79 Å². The van der Waals surface area contributed by atoms with Crippen LogP contribution in [0.1, 0.15) is 36.0 Å². The van der Waals surface area contributed by atoms with Crippen molar-refractivity contribution in [1.82, 2.24) is 0 Å². The minimum Gasteiger partial charge on any atom is -0.494 e. The van der Waals surface area contributed by atoms with E-state index in [0.717, 1.165) is 50.3 Å².